The van der Waals surface area contributed by atoms with Gasteiger partial charge in [0.25, 0.3) is 0 Å². The van der Waals surface area contributed by atoms with Gasteiger partial charge < -0.3 is 0 Å². The quantitative estimate of drug-likeness (QED) is 0.626. The molecule has 0 aliphatic heterocycles. The van der Waals surface area contributed by atoms with Gasteiger partial charge in [0.05, 0.1) is 22.8 Å². The van der Waals surface area contributed by atoms with E-state index in [9.17, 15) is 4.79 Å². The topological polar surface area (TPSA) is 41.8 Å². The van der Waals surface area contributed by atoms with Crippen molar-refractivity contribution in [2.75, 3.05) is 0 Å². The van der Waals surface area contributed by atoms with Gasteiger partial charge in [-0.15, -0.1) is 0 Å². The molecule has 0 N–H and O–H groups in total. The summed E-state index contributed by atoms with van der Waals surface area (Å²) in [5.41, 5.74) is 9.38. The van der Waals surface area contributed by atoms with E-state index in [0.717, 1.165) is 33.6 Å². The molecule has 0 bridgehead atoms. The molecule has 0 aliphatic carbocycles. The van der Waals surface area contributed by atoms with Crippen LogP contribution in [0.4, 0.5) is 11.4 Å². The second-order valence-electron chi connectivity index (χ2n) is 7.22. The number of rotatable bonds is 4. The van der Waals surface area contributed by atoms with Crippen LogP contribution in [-0.4, -0.2) is 17.2 Å². The van der Waals surface area contributed by atoms with E-state index in [-0.39, 0.29) is 5.78 Å². The lowest BCUT2D eigenvalue weighted by molar-refractivity contribution is -0.107. The van der Waals surface area contributed by atoms with Crippen LogP contribution in [0.3, 0.4) is 0 Å². The van der Waals surface area contributed by atoms with Crippen LogP contribution in [0.5, 0.6) is 0 Å². The Bertz CT molecular complexity index is 812. The second-order valence-corrected chi connectivity index (χ2v) is 7.22. The Kier molecular flexibility index (Phi) is 5.91. The number of benzene rings is 2. The van der Waals surface area contributed by atoms with Crippen LogP contribution < -0.4 is 0 Å². The number of aryl methyl sites for hydroxylation is 6. The fraction of sp³-hybridized carbons (Fsp3) is 0.348. The summed E-state index contributed by atoms with van der Waals surface area (Å²) in [7, 11) is 0. The van der Waals surface area contributed by atoms with E-state index in [2.05, 4.69) is 48.1 Å². The smallest absolute Gasteiger partial charge is 0.220 e. The molecule has 0 radical (unpaired) electrons. The molecule has 0 saturated heterocycles. The van der Waals surface area contributed by atoms with Crippen LogP contribution >= 0.6 is 0 Å². The predicted molar refractivity (Wildman–Crippen MR) is 112 cm³/mol. The van der Waals surface area contributed by atoms with E-state index in [1.165, 1.54) is 11.1 Å². The lowest BCUT2D eigenvalue weighted by Crippen LogP contribution is -2.19. The monoisotopic (exact) mass is 348 g/mol. The summed E-state index contributed by atoms with van der Waals surface area (Å²) in [6.07, 6.45) is 0. The van der Waals surface area contributed by atoms with Crippen molar-refractivity contribution in [2.24, 2.45) is 9.98 Å². The number of hydrogen-bond donors (Lipinski definition) is 0. The Morgan fingerprint density at radius 2 is 0.885 bits per heavy atom. The molecule has 0 aromatic heterocycles. The van der Waals surface area contributed by atoms with Gasteiger partial charge >= 0.3 is 0 Å². The molecule has 0 spiro atoms. The van der Waals surface area contributed by atoms with Crippen molar-refractivity contribution in [3.05, 3.63) is 57.6 Å². The molecule has 0 atom stereocenters. The summed E-state index contributed by atoms with van der Waals surface area (Å²) in [5.74, 6) is -0.122. The first-order chi connectivity index (χ1) is 12.1. The third-order valence-corrected chi connectivity index (χ3v) is 4.49. The molecule has 2 rings (SSSR count). The minimum absolute atomic E-state index is 0.122. The van der Waals surface area contributed by atoms with E-state index in [4.69, 9.17) is 0 Å². The minimum atomic E-state index is -0.122. The van der Waals surface area contributed by atoms with Crippen LogP contribution in [0.15, 0.2) is 34.3 Å². The van der Waals surface area contributed by atoms with Crippen molar-refractivity contribution in [1.82, 2.24) is 0 Å². The Morgan fingerprint density at radius 1 is 0.615 bits per heavy atom. The molecule has 3 nitrogen and oxygen atoms in total. The van der Waals surface area contributed by atoms with Gasteiger partial charge in [0.1, 0.15) is 0 Å². The van der Waals surface area contributed by atoms with E-state index in [0.29, 0.717) is 11.4 Å². The third-order valence-electron chi connectivity index (χ3n) is 4.49. The number of hydrogen-bond acceptors (Lipinski definition) is 3. The highest BCUT2D eigenvalue weighted by atomic mass is 16.1. The van der Waals surface area contributed by atoms with Crippen LogP contribution in [-0.2, 0) is 4.79 Å². The number of aliphatic imine (C=N–C) groups is 2. The maximum absolute atomic E-state index is 12.8. The third kappa shape index (κ3) is 4.34. The average Bonchev–Trinajstić information content (AvgIpc) is 2.53. The Balaban J connectivity index is 2.40. The molecule has 0 heterocycles. The van der Waals surface area contributed by atoms with Crippen molar-refractivity contribution in [3.8, 4) is 0 Å². The highest BCUT2D eigenvalue weighted by Crippen LogP contribution is 2.27. The van der Waals surface area contributed by atoms with Gasteiger partial charge in [-0.1, -0.05) is 35.4 Å². The molecular formula is C23H28N2O. The summed E-state index contributed by atoms with van der Waals surface area (Å²) in [5, 5.41) is 0. The predicted octanol–water partition coefficient (Wildman–Crippen LogP) is 5.99. The van der Waals surface area contributed by atoms with Crippen LogP contribution in [0.1, 0.15) is 47.2 Å². The molecule has 2 aromatic carbocycles. The fourth-order valence-electron chi connectivity index (χ4n) is 3.40. The Hall–Kier alpha value is -2.55. The number of nitrogens with zero attached hydrogens (tertiary/aromatic N) is 2. The van der Waals surface area contributed by atoms with Gasteiger partial charge in [-0.05, 0) is 77.6 Å². The van der Waals surface area contributed by atoms with Crippen molar-refractivity contribution in [3.63, 3.8) is 0 Å². The summed E-state index contributed by atoms with van der Waals surface area (Å²) < 4.78 is 0. The van der Waals surface area contributed by atoms with Crippen molar-refractivity contribution in [2.45, 2.75) is 55.4 Å². The molecule has 26 heavy (non-hydrogen) atoms. The highest BCUT2D eigenvalue weighted by Gasteiger charge is 2.13. The van der Waals surface area contributed by atoms with E-state index < -0.39 is 0 Å². The summed E-state index contributed by atoms with van der Waals surface area (Å²) in [6.45, 7) is 15.7. The molecule has 0 amide bonds. The maximum atomic E-state index is 12.8. The zero-order valence-corrected chi connectivity index (χ0v) is 17.1. The zero-order chi connectivity index (χ0) is 19.6. The molecule has 0 aliphatic rings. The molecule has 0 unspecified atom stereocenters. The van der Waals surface area contributed by atoms with E-state index >= 15 is 0 Å². The van der Waals surface area contributed by atoms with Crippen LogP contribution in [0.25, 0.3) is 0 Å². The maximum Gasteiger partial charge on any atom is 0.220 e. The fourth-order valence-corrected chi connectivity index (χ4v) is 3.40. The Morgan fingerprint density at radius 3 is 1.15 bits per heavy atom. The van der Waals surface area contributed by atoms with Gasteiger partial charge in [0.15, 0.2) is 0 Å². The molecule has 136 valence electrons. The minimum Gasteiger partial charge on any atom is -0.286 e. The zero-order valence-electron chi connectivity index (χ0n) is 17.1. The molecular weight excluding hydrogens is 320 g/mol. The summed E-state index contributed by atoms with van der Waals surface area (Å²) in [4.78, 5) is 22.0. The van der Waals surface area contributed by atoms with E-state index in [1.807, 2.05) is 27.7 Å². The van der Waals surface area contributed by atoms with E-state index in [1.54, 1.807) is 13.8 Å². The van der Waals surface area contributed by atoms with Crippen LogP contribution in [0, 0.1) is 41.5 Å². The lowest BCUT2D eigenvalue weighted by atomic mass is 10.0. The molecule has 0 fully saturated rings. The van der Waals surface area contributed by atoms with Gasteiger partial charge in [0, 0.05) is 0 Å². The number of Topliss-reactive ketones (excluding diaryl/α,β-unsaturated/α-hetero) is 1. The van der Waals surface area contributed by atoms with Gasteiger partial charge in [-0.2, -0.15) is 0 Å². The normalized spacial score (nSPS) is 12.5. The van der Waals surface area contributed by atoms with Gasteiger partial charge in [0.2, 0.25) is 5.78 Å². The van der Waals surface area contributed by atoms with Crippen molar-refractivity contribution < 1.29 is 4.79 Å². The van der Waals surface area contributed by atoms with Crippen molar-refractivity contribution >= 4 is 28.6 Å². The molecule has 3 heteroatoms. The van der Waals surface area contributed by atoms with Crippen molar-refractivity contribution in [1.29, 1.82) is 0 Å². The highest BCUT2D eigenvalue weighted by molar-refractivity contribution is 6.66. The molecule has 2 aromatic rings. The first kappa shape index (κ1) is 19.8. The first-order valence-corrected chi connectivity index (χ1v) is 8.91. The number of carbonyl (C=O) groups is 1. The molecule has 0 saturated carbocycles. The Labute approximate surface area is 156 Å². The lowest BCUT2D eigenvalue weighted by Gasteiger charge is -2.10. The SMILES string of the molecule is CC(=Nc1c(C)cc(C)cc1C)C(=O)C(C)=Nc1c(C)cc(C)cc1C. The number of ketones is 1. The average molecular weight is 348 g/mol. The van der Waals surface area contributed by atoms with Gasteiger partial charge in [-0.3, -0.25) is 4.79 Å². The summed E-state index contributed by atoms with van der Waals surface area (Å²) >= 11 is 0. The summed E-state index contributed by atoms with van der Waals surface area (Å²) in [6, 6.07) is 8.35. The first-order valence-electron chi connectivity index (χ1n) is 8.91. The van der Waals surface area contributed by atoms with Crippen LogP contribution in [0.2, 0.25) is 0 Å². The number of carbonyl (C=O) groups excluding carboxylic acids is 1. The largest absolute Gasteiger partial charge is 0.286 e. The van der Waals surface area contributed by atoms with Gasteiger partial charge in [-0.25, -0.2) is 9.98 Å². The standard InChI is InChI=1S/C23H28N2O/c1-13-9-15(3)21(16(4)10-13)24-19(7)23(26)20(8)25-22-17(5)11-14(2)12-18(22)6/h9-12H,1-8H3. The second kappa shape index (κ2) is 7.77.